The lowest BCUT2D eigenvalue weighted by atomic mass is 9.90. The van der Waals surface area contributed by atoms with Gasteiger partial charge in [0.25, 0.3) is 0 Å². The van der Waals surface area contributed by atoms with Crippen molar-refractivity contribution in [1.29, 1.82) is 0 Å². The number of carbonyl (C=O) groups is 1. The van der Waals surface area contributed by atoms with Gasteiger partial charge in [-0.05, 0) is 24.0 Å². The van der Waals surface area contributed by atoms with Gasteiger partial charge < -0.3 is 16.0 Å². The fourth-order valence-electron chi connectivity index (χ4n) is 2.80. The summed E-state index contributed by atoms with van der Waals surface area (Å²) in [4.78, 5) is 16.1. The summed E-state index contributed by atoms with van der Waals surface area (Å²) in [5.74, 6) is 1.82. The normalized spacial score (nSPS) is 27.6. The van der Waals surface area contributed by atoms with Crippen molar-refractivity contribution in [3.63, 3.8) is 0 Å². The second kappa shape index (κ2) is 5.76. The summed E-state index contributed by atoms with van der Waals surface area (Å²) in [5.41, 5.74) is 2.12. The summed E-state index contributed by atoms with van der Waals surface area (Å²) >= 11 is 0. The molecule has 2 aliphatic rings. The minimum atomic E-state index is 0.0826. The lowest BCUT2D eigenvalue weighted by molar-refractivity contribution is -0.116. The molecule has 1 heterocycles. The first-order valence-corrected chi connectivity index (χ1v) is 7.53. The molecule has 1 aliphatic heterocycles. The molecule has 3 unspecified atom stereocenters. The lowest BCUT2D eigenvalue weighted by Gasteiger charge is -2.26. The van der Waals surface area contributed by atoms with E-state index in [0.717, 1.165) is 17.6 Å². The molecule has 1 saturated carbocycles. The third-order valence-electron chi connectivity index (χ3n) is 4.28. The number of para-hydroxylation sites is 1. The summed E-state index contributed by atoms with van der Waals surface area (Å²) in [6.07, 6.45) is 1.72. The predicted octanol–water partition coefficient (Wildman–Crippen LogP) is 1.69. The van der Waals surface area contributed by atoms with Crippen LogP contribution < -0.4 is 16.0 Å². The fraction of sp³-hybridized carbons (Fsp3) is 0.500. The van der Waals surface area contributed by atoms with Crippen LogP contribution in [0.1, 0.15) is 31.2 Å². The molecule has 3 rings (SSSR count). The number of anilines is 1. The minimum Gasteiger partial charge on any atom is -0.356 e. The molecular weight excluding hydrogens is 264 g/mol. The van der Waals surface area contributed by atoms with Crippen molar-refractivity contribution in [3.8, 4) is 0 Å². The minimum absolute atomic E-state index is 0.0826. The Kier molecular flexibility index (Phi) is 3.82. The van der Waals surface area contributed by atoms with Gasteiger partial charge in [0.15, 0.2) is 5.96 Å². The molecular formula is C16H22N4O. The van der Waals surface area contributed by atoms with Crippen LogP contribution in [0.25, 0.3) is 0 Å². The Bertz CT molecular complexity index is 569. The SMILES string of the molecule is CN=C(NCC1CC(=O)Nc2ccccc21)NC1CC1C. The Labute approximate surface area is 125 Å². The molecule has 1 aliphatic carbocycles. The van der Waals surface area contributed by atoms with Crippen molar-refractivity contribution in [2.24, 2.45) is 10.9 Å². The Hall–Kier alpha value is -2.04. The van der Waals surface area contributed by atoms with Crippen LogP contribution in [0.15, 0.2) is 29.3 Å². The topological polar surface area (TPSA) is 65.5 Å². The van der Waals surface area contributed by atoms with Crippen LogP contribution in [0.4, 0.5) is 5.69 Å². The van der Waals surface area contributed by atoms with E-state index in [9.17, 15) is 4.79 Å². The van der Waals surface area contributed by atoms with Gasteiger partial charge in [0.05, 0.1) is 0 Å². The highest BCUT2D eigenvalue weighted by Crippen LogP contribution is 2.31. The molecule has 21 heavy (non-hydrogen) atoms. The van der Waals surface area contributed by atoms with Crippen LogP contribution in [0, 0.1) is 5.92 Å². The number of guanidine groups is 1. The third kappa shape index (κ3) is 3.17. The number of rotatable bonds is 3. The number of nitrogens with one attached hydrogen (secondary N) is 3. The molecule has 1 fully saturated rings. The number of carbonyl (C=O) groups excluding carboxylic acids is 1. The summed E-state index contributed by atoms with van der Waals surface area (Å²) in [6, 6.07) is 8.54. The summed E-state index contributed by atoms with van der Waals surface area (Å²) in [7, 11) is 1.78. The number of hydrogen-bond donors (Lipinski definition) is 3. The monoisotopic (exact) mass is 286 g/mol. The number of hydrogen-bond acceptors (Lipinski definition) is 2. The zero-order valence-corrected chi connectivity index (χ0v) is 12.5. The van der Waals surface area contributed by atoms with Gasteiger partial charge >= 0.3 is 0 Å². The fourth-order valence-corrected chi connectivity index (χ4v) is 2.80. The van der Waals surface area contributed by atoms with Crippen molar-refractivity contribution >= 4 is 17.6 Å². The summed E-state index contributed by atoms with van der Waals surface area (Å²) in [6.45, 7) is 2.94. The van der Waals surface area contributed by atoms with Gasteiger partial charge in [-0.3, -0.25) is 9.79 Å². The van der Waals surface area contributed by atoms with Gasteiger partial charge in [-0.15, -0.1) is 0 Å². The largest absolute Gasteiger partial charge is 0.356 e. The average Bonchev–Trinajstić information content (AvgIpc) is 3.18. The molecule has 0 aromatic heterocycles. The van der Waals surface area contributed by atoms with Gasteiger partial charge in [0.2, 0.25) is 5.91 Å². The molecule has 3 atom stereocenters. The highest BCUT2D eigenvalue weighted by atomic mass is 16.1. The molecule has 0 spiro atoms. The van der Waals surface area contributed by atoms with Crippen LogP contribution >= 0.6 is 0 Å². The maximum Gasteiger partial charge on any atom is 0.225 e. The van der Waals surface area contributed by atoms with Crippen molar-refractivity contribution < 1.29 is 4.79 Å². The standard InChI is InChI=1S/C16H22N4O/c1-10-7-14(10)20-16(17-2)18-9-11-8-15(21)19-13-6-4-3-5-12(11)13/h3-6,10-11,14H,7-9H2,1-2H3,(H,19,21)(H2,17,18,20). The van der Waals surface area contributed by atoms with Gasteiger partial charge in [0.1, 0.15) is 0 Å². The van der Waals surface area contributed by atoms with Crippen molar-refractivity contribution in [3.05, 3.63) is 29.8 Å². The highest BCUT2D eigenvalue weighted by molar-refractivity contribution is 5.94. The zero-order valence-electron chi connectivity index (χ0n) is 12.5. The molecule has 0 radical (unpaired) electrons. The second-order valence-electron chi connectivity index (χ2n) is 5.95. The molecule has 112 valence electrons. The molecule has 0 saturated heterocycles. The van der Waals surface area contributed by atoms with E-state index in [0.29, 0.717) is 19.0 Å². The van der Waals surface area contributed by atoms with E-state index in [1.165, 1.54) is 12.0 Å². The molecule has 3 N–H and O–H groups in total. The number of aliphatic imine (C=N–C) groups is 1. The van der Waals surface area contributed by atoms with E-state index in [1.807, 2.05) is 18.2 Å². The number of nitrogens with zero attached hydrogens (tertiary/aromatic N) is 1. The van der Waals surface area contributed by atoms with E-state index in [-0.39, 0.29) is 11.8 Å². The van der Waals surface area contributed by atoms with E-state index >= 15 is 0 Å². The van der Waals surface area contributed by atoms with Crippen LogP contribution in [0.2, 0.25) is 0 Å². The van der Waals surface area contributed by atoms with Crippen LogP contribution in [0.3, 0.4) is 0 Å². The maximum absolute atomic E-state index is 11.8. The van der Waals surface area contributed by atoms with E-state index in [2.05, 4.69) is 33.9 Å². The molecule has 0 bridgehead atoms. The van der Waals surface area contributed by atoms with Gasteiger partial charge in [0, 0.05) is 37.7 Å². The van der Waals surface area contributed by atoms with E-state index in [4.69, 9.17) is 0 Å². The molecule has 5 nitrogen and oxygen atoms in total. The molecule has 1 amide bonds. The second-order valence-corrected chi connectivity index (χ2v) is 5.95. The molecule has 1 aromatic carbocycles. The Balaban J connectivity index is 1.63. The van der Waals surface area contributed by atoms with Gasteiger partial charge in [-0.2, -0.15) is 0 Å². The highest BCUT2D eigenvalue weighted by Gasteiger charge is 2.33. The first-order valence-electron chi connectivity index (χ1n) is 7.53. The summed E-state index contributed by atoms with van der Waals surface area (Å²) in [5, 5.41) is 9.68. The predicted molar refractivity (Wildman–Crippen MR) is 84.5 cm³/mol. The van der Waals surface area contributed by atoms with Gasteiger partial charge in [-0.25, -0.2) is 0 Å². The maximum atomic E-state index is 11.8. The van der Waals surface area contributed by atoms with Crippen molar-refractivity contribution in [1.82, 2.24) is 10.6 Å². The zero-order chi connectivity index (χ0) is 14.8. The Morgan fingerprint density at radius 1 is 1.43 bits per heavy atom. The number of benzene rings is 1. The van der Waals surface area contributed by atoms with E-state index in [1.54, 1.807) is 7.05 Å². The smallest absolute Gasteiger partial charge is 0.225 e. The Morgan fingerprint density at radius 3 is 2.90 bits per heavy atom. The van der Waals surface area contributed by atoms with Crippen LogP contribution in [-0.2, 0) is 4.79 Å². The quantitative estimate of drug-likeness (QED) is 0.585. The number of amides is 1. The van der Waals surface area contributed by atoms with Crippen molar-refractivity contribution in [2.45, 2.75) is 31.7 Å². The van der Waals surface area contributed by atoms with E-state index < -0.39 is 0 Å². The summed E-state index contributed by atoms with van der Waals surface area (Å²) < 4.78 is 0. The first-order chi connectivity index (χ1) is 10.2. The average molecular weight is 286 g/mol. The van der Waals surface area contributed by atoms with Crippen molar-refractivity contribution in [2.75, 3.05) is 18.9 Å². The van der Waals surface area contributed by atoms with Crippen LogP contribution in [0.5, 0.6) is 0 Å². The molecule has 1 aromatic rings. The number of fused-ring (bicyclic) bond motifs is 1. The Morgan fingerprint density at radius 2 is 2.19 bits per heavy atom. The lowest BCUT2D eigenvalue weighted by Crippen LogP contribution is -2.42. The first kappa shape index (κ1) is 13.9. The molecule has 5 heteroatoms. The van der Waals surface area contributed by atoms with Crippen LogP contribution in [-0.4, -0.2) is 31.5 Å². The third-order valence-corrected chi connectivity index (χ3v) is 4.28. The van der Waals surface area contributed by atoms with Gasteiger partial charge in [-0.1, -0.05) is 25.1 Å².